The third-order valence-electron chi connectivity index (χ3n) is 3.99. The molecule has 0 radical (unpaired) electrons. The molecular weight excluding hydrogens is 316 g/mol. The summed E-state index contributed by atoms with van der Waals surface area (Å²) in [5, 5.41) is 12.9. The van der Waals surface area contributed by atoms with E-state index in [1.807, 2.05) is 0 Å². The number of nitrogens with one attached hydrogen (secondary N) is 1. The highest BCUT2D eigenvalue weighted by Gasteiger charge is 2.31. The van der Waals surface area contributed by atoms with E-state index in [1.54, 1.807) is 24.3 Å². The molecule has 1 saturated carbocycles. The highest BCUT2D eigenvalue weighted by molar-refractivity contribution is 6.31. The zero-order valence-electron chi connectivity index (χ0n) is 12.9. The van der Waals surface area contributed by atoms with Crippen LogP contribution in [0.5, 0.6) is 0 Å². The fourth-order valence-electron chi connectivity index (χ4n) is 2.40. The number of rotatable bonds is 4. The molecule has 2 aromatic rings. The number of carbonyl (C=O) groups excluding carboxylic acids is 1. The van der Waals surface area contributed by atoms with Crippen molar-refractivity contribution in [3.05, 3.63) is 40.5 Å². The Morgan fingerprint density at radius 2 is 2.00 bits per heavy atom. The van der Waals surface area contributed by atoms with E-state index in [9.17, 15) is 14.7 Å². The van der Waals surface area contributed by atoms with Gasteiger partial charge in [-0.2, -0.15) is 0 Å². The topological polar surface area (TPSA) is 79.3 Å². The molecule has 5 nitrogen and oxygen atoms in total. The maximum atomic E-state index is 12.6. The van der Waals surface area contributed by atoms with Crippen LogP contribution in [-0.2, 0) is 4.79 Å². The Labute approximate surface area is 138 Å². The molecule has 1 aromatic heterocycles. The van der Waals surface area contributed by atoms with Crippen molar-refractivity contribution in [2.24, 2.45) is 0 Å². The Kier molecular flexibility index (Phi) is 3.76. The third kappa shape index (κ3) is 3.15. The predicted octanol–water partition coefficient (Wildman–Crippen LogP) is 3.36. The molecule has 1 aliphatic rings. The molecule has 0 unspecified atom stereocenters. The van der Waals surface area contributed by atoms with E-state index in [2.05, 4.69) is 10.3 Å². The van der Waals surface area contributed by atoms with Gasteiger partial charge >= 0.3 is 5.97 Å². The second-order valence-corrected chi connectivity index (χ2v) is 6.85. The maximum Gasteiger partial charge on any atom is 0.328 e. The molecule has 1 amide bonds. The molecule has 1 heterocycles. The summed E-state index contributed by atoms with van der Waals surface area (Å²) in [7, 11) is 0. The van der Waals surface area contributed by atoms with E-state index in [1.165, 1.54) is 13.8 Å². The number of halogens is 1. The van der Waals surface area contributed by atoms with Crippen molar-refractivity contribution >= 4 is 34.4 Å². The normalized spacial score (nSPS) is 14.7. The van der Waals surface area contributed by atoms with Crippen molar-refractivity contribution < 1.29 is 14.7 Å². The van der Waals surface area contributed by atoms with E-state index < -0.39 is 17.4 Å². The largest absolute Gasteiger partial charge is 0.480 e. The van der Waals surface area contributed by atoms with Crippen molar-refractivity contribution in [3.63, 3.8) is 0 Å². The number of aliphatic carboxylic acids is 1. The third-order valence-corrected chi connectivity index (χ3v) is 4.23. The monoisotopic (exact) mass is 332 g/mol. The molecule has 1 fully saturated rings. The average molecular weight is 333 g/mol. The van der Waals surface area contributed by atoms with Crippen LogP contribution in [0.1, 0.15) is 48.7 Å². The molecular formula is C17H17ClN2O3. The van der Waals surface area contributed by atoms with Crippen LogP contribution in [0.2, 0.25) is 5.02 Å². The second-order valence-electron chi connectivity index (χ2n) is 6.41. The van der Waals surface area contributed by atoms with Crippen LogP contribution >= 0.6 is 11.6 Å². The fraction of sp³-hybridized carbons (Fsp3) is 0.353. The number of hydrogen-bond acceptors (Lipinski definition) is 3. The summed E-state index contributed by atoms with van der Waals surface area (Å²) >= 11 is 6.04. The molecule has 0 bridgehead atoms. The van der Waals surface area contributed by atoms with Crippen LogP contribution < -0.4 is 5.32 Å². The lowest BCUT2D eigenvalue weighted by Crippen LogP contribution is -2.49. The lowest BCUT2D eigenvalue weighted by atomic mass is 10.0. The molecule has 23 heavy (non-hydrogen) atoms. The molecule has 2 N–H and O–H groups in total. The molecule has 1 aliphatic carbocycles. The summed E-state index contributed by atoms with van der Waals surface area (Å²) in [5.74, 6) is -1.15. The van der Waals surface area contributed by atoms with E-state index in [0.717, 1.165) is 18.5 Å². The number of nitrogens with zero attached hydrogens (tertiary/aromatic N) is 1. The SMILES string of the molecule is CC(C)(NC(=O)c1cc(C2CC2)nc2ccc(Cl)cc12)C(=O)O. The van der Waals surface area contributed by atoms with Gasteiger partial charge < -0.3 is 10.4 Å². The number of aromatic nitrogens is 1. The Morgan fingerprint density at radius 3 is 2.61 bits per heavy atom. The van der Waals surface area contributed by atoms with Crippen LogP contribution in [0.4, 0.5) is 0 Å². The number of benzene rings is 1. The van der Waals surface area contributed by atoms with Crippen LogP contribution in [0.25, 0.3) is 10.9 Å². The van der Waals surface area contributed by atoms with Gasteiger partial charge in [-0.25, -0.2) is 4.79 Å². The predicted molar refractivity (Wildman–Crippen MR) is 87.9 cm³/mol. The fourth-order valence-corrected chi connectivity index (χ4v) is 2.57. The number of pyridine rings is 1. The molecule has 3 rings (SSSR count). The minimum Gasteiger partial charge on any atom is -0.480 e. The summed E-state index contributed by atoms with van der Waals surface area (Å²) < 4.78 is 0. The number of fused-ring (bicyclic) bond motifs is 1. The molecule has 0 atom stereocenters. The number of carbonyl (C=O) groups is 2. The van der Waals surface area contributed by atoms with Crippen LogP contribution in [0.15, 0.2) is 24.3 Å². The van der Waals surface area contributed by atoms with Gasteiger partial charge in [-0.05, 0) is 51.0 Å². The first-order chi connectivity index (χ1) is 10.8. The number of carboxylic acids is 1. The highest BCUT2D eigenvalue weighted by atomic mass is 35.5. The first-order valence-corrected chi connectivity index (χ1v) is 7.82. The molecule has 1 aromatic carbocycles. The van der Waals surface area contributed by atoms with E-state index in [-0.39, 0.29) is 0 Å². The van der Waals surface area contributed by atoms with Crippen molar-refractivity contribution in [3.8, 4) is 0 Å². The zero-order valence-corrected chi connectivity index (χ0v) is 13.6. The zero-order chi connectivity index (χ0) is 16.8. The van der Waals surface area contributed by atoms with Gasteiger partial charge in [0.2, 0.25) is 0 Å². The molecule has 0 aliphatic heterocycles. The Balaban J connectivity index is 2.08. The Bertz CT molecular complexity index is 813. The van der Waals surface area contributed by atoms with Crippen molar-refractivity contribution in [1.82, 2.24) is 10.3 Å². The van der Waals surface area contributed by atoms with E-state index >= 15 is 0 Å². The average Bonchev–Trinajstić information content (AvgIpc) is 3.30. The van der Waals surface area contributed by atoms with Gasteiger partial charge in [-0.15, -0.1) is 0 Å². The number of carboxylic acid groups (broad SMARTS) is 1. The van der Waals surface area contributed by atoms with Gasteiger partial charge in [0.25, 0.3) is 5.91 Å². The summed E-state index contributed by atoms with van der Waals surface area (Å²) in [5.41, 5.74) is 0.620. The van der Waals surface area contributed by atoms with Gasteiger partial charge in [0.15, 0.2) is 0 Å². The Hall–Kier alpha value is -2.14. The summed E-state index contributed by atoms with van der Waals surface area (Å²) in [4.78, 5) is 28.5. The van der Waals surface area contributed by atoms with Gasteiger partial charge in [0, 0.05) is 22.0 Å². The van der Waals surface area contributed by atoms with Crippen molar-refractivity contribution in [2.45, 2.75) is 38.1 Å². The first kappa shape index (κ1) is 15.7. The van der Waals surface area contributed by atoms with Crippen LogP contribution in [0.3, 0.4) is 0 Å². The lowest BCUT2D eigenvalue weighted by molar-refractivity contribution is -0.143. The summed E-state index contributed by atoms with van der Waals surface area (Å²) in [6.45, 7) is 2.90. The highest BCUT2D eigenvalue weighted by Crippen LogP contribution is 2.40. The lowest BCUT2D eigenvalue weighted by Gasteiger charge is -2.21. The van der Waals surface area contributed by atoms with Gasteiger partial charge in [0.05, 0.1) is 11.1 Å². The maximum absolute atomic E-state index is 12.6. The standard InChI is InChI=1S/C17H17ClN2O3/c1-17(2,16(22)23)20-15(21)12-8-14(9-3-4-9)19-13-6-5-10(18)7-11(12)13/h5-9H,3-4H2,1-2H3,(H,20,21)(H,22,23). The first-order valence-electron chi connectivity index (χ1n) is 7.44. The number of amides is 1. The minimum absolute atomic E-state index is 0.383. The van der Waals surface area contributed by atoms with Crippen LogP contribution in [0, 0.1) is 0 Å². The molecule has 6 heteroatoms. The molecule has 0 spiro atoms. The smallest absolute Gasteiger partial charge is 0.328 e. The van der Waals surface area contributed by atoms with Gasteiger partial charge in [-0.1, -0.05) is 11.6 Å². The van der Waals surface area contributed by atoms with E-state index in [4.69, 9.17) is 11.6 Å². The quantitative estimate of drug-likeness (QED) is 0.899. The second kappa shape index (κ2) is 5.49. The summed E-state index contributed by atoms with van der Waals surface area (Å²) in [6.07, 6.45) is 2.13. The molecule has 120 valence electrons. The van der Waals surface area contributed by atoms with Gasteiger partial charge in [0.1, 0.15) is 5.54 Å². The Morgan fingerprint density at radius 1 is 1.30 bits per heavy atom. The summed E-state index contributed by atoms with van der Waals surface area (Å²) in [6, 6.07) is 6.95. The van der Waals surface area contributed by atoms with Gasteiger partial charge in [-0.3, -0.25) is 9.78 Å². The minimum atomic E-state index is -1.36. The number of hydrogen-bond donors (Lipinski definition) is 2. The van der Waals surface area contributed by atoms with Crippen molar-refractivity contribution in [2.75, 3.05) is 0 Å². The molecule has 0 saturated heterocycles. The van der Waals surface area contributed by atoms with Crippen LogP contribution in [-0.4, -0.2) is 27.5 Å². The van der Waals surface area contributed by atoms with Crippen molar-refractivity contribution in [1.29, 1.82) is 0 Å². The van der Waals surface area contributed by atoms with E-state index in [0.29, 0.717) is 27.4 Å².